The second kappa shape index (κ2) is 5.65. The van der Waals surface area contributed by atoms with Gasteiger partial charge in [0.05, 0.1) is 0 Å². The topological polar surface area (TPSA) is 40.5 Å². The predicted molar refractivity (Wildman–Crippen MR) is 86.6 cm³/mol. The standard InChI is InChI=1S/C17H21O2P/c18-14-11-12-17(19)20(13-14,15-7-3-1-4-8-15)16-9-5-2-6-10-16/h1-10,14,17-20H,11-13H2. The third kappa shape index (κ3) is 2.29. The van der Waals surface area contributed by atoms with Crippen molar-refractivity contribution in [2.24, 2.45) is 0 Å². The van der Waals surface area contributed by atoms with Crippen LogP contribution in [0.4, 0.5) is 0 Å². The van der Waals surface area contributed by atoms with Gasteiger partial charge in [-0.15, -0.1) is 0 Å². The van der Waals surface area contributed by atoms with Crippen molar-refractivity contribution in [2.45, 2.75) is 24.8 Å². The molecule has 1 heterocycles. The van der Waals surface area contributed by atoms with Crippen LogP contribution in [0.15, 0.2) is 60.7 Å². The zero-order valence-corrected chi connectivity index (χ0v) is 12.4. The third-order valence-electron chi connectivity index (χ3n) is 4.48. The van der Waals surface area contributed by atoms with Gasteiger partial charge in [0.25, 0.3) is 0 Å². The monoisotopic (exact) mass is 288 g/mol. The zero-order chi connectivity index (χ0) is 14.0. The van der Waals surface area contributed by atoms with Gasteiger partial charge >= 0.3 is 120 Å². The molecular formula is C17H21O2P. The van der Waals surface area contributed by atoms with Gasteiger partial charge in [-0.25, -0.2) is 0 Å². The van der Waals surface area contributed by atoms with Gasteiger partial charge in [0, 0.05) is 0 Å². The summed E-state index contributed by atoms with van der Waals surface area (Å²) in [6.45, 7) is 0. The Morgan fingerprint density at radius 1 is 0.750 bits per heavy atom. The van der Waals surface area contributed by atoms with Gasteiger partial charge in [-0.2, -0.15) is 0 Å². The Kier molecular flexibility index (Phi) is 3.89. The van der Waals surface area contributed by atoms with Crippen LogP contribution >= 0.6 is 7.26 Å². The van der Waals surface area contributed by atoms with Crippen molar-refractivity contribution < 1.29 is 10.2 Å². The molecule has 1 aliphatic heterocycles. The molecule has 0 amide bonds. The predicted octanol–water partition coefficient (Wildman–Crippen LogP) is 1.86. The Bertz CT molecular complexity index is 516. The third-order valence-corrected chi connectivity index (χ3v) is 9.75. The Labute approximate surface area is 120 Å². The van der Waals surface area contributed by atoms with Gasteiger partial charge in [0.2, 0.25) is 0 Å². The van der Waals surface area contributed by atoms with E-state index in [9.17, 15) is 10.2 Å². The van der Waals surface area contributed by atoms with E-state index in [2.05, 4.69) is 24.3 Å². The van der Waals surface area contributed by atoms with Crippen LogP contribution in [0.1, 0.15) is 12.8 Å². The van der Waals surface area contributed by atoms with Gasteiger partial charge in [0.15, 0.2) is 0 Å². The molecule has 0 aromatic heterocycles. The Hall–Kier alpha value is -1.21. The number of aliphatic hydroxyl groups excluding tert-OH is 2. The van der Waals surface area contributed by atoms with Crippen LogP contribution in [0.2, 0.25) is 0 Å². The first-order valence-corrected chi connectivity index (χ1v) is 9.49. The summed E-state index contributed by atoms with van der Waals surface area (Å²) >= 11 is 0. The molecule has 0 spiro atoms. The summed E-state index contributed by atoms with van der Waals surface area (Å²) in [7, 11) is -2.30. The molecular weight excluding hydrogens is 267 g/mol. The molecule has 0 aliphatic carbocycles. The van der Waals surface area contributed by atoms with E-state index in [4.69, 9.17) is 0 Å². The van der Waals surface area contributed by atoms with Crippen molar-refractivity contribution in [3.63, 3.8) is 0 Å². The molecule has 106 valence electrons. The number of hydrogen-bond acceptors (Lipinski definition) is 2. The molecule has 1 aliphatic rings. The zero-order valence-electron chi connectivity index (χ0n) is 11.4. The maximum atomic E-state index is 10.8. The van der Waals surface area contributed by atoms with Crippen LogP contribution in [0, 0.1) is 0 Å². The summed E-state index contributed by atoms with van der Waals surface area (Å²) in [5, 5.41) is 23.4. The van der Waals surface area contributed by atoms with Crippen LogP contribution < -0.4 is 10.6 Å². The van der Waals surface area contributed by atoms with Crippen molar-refractivity contribution in [3.05, 3.63) is 60.7 Å². The number of aliphatic hydroxyl groups is 2. The second-order valence-electron chi connectivity index (χ2n) is 5.65. The van der Waals surface area contributed by atoms with Gasteiger partial charge in [-0.3, -0.25) is 0 Å². The summed E-state index contributed by atoms with van der Waals surface area (Å²) in [6, 6.07) is 20.6. The van der Waals surface area contributed by atoms with Crippen LogP contribution in [0.3, 0.4) is 0 Å². The molecule has 2 unspecified atom stereocenters. The van der Waals surface area contributed by atoms with Crippen LogP contribution in [-0.4, -0.2) is 28.3 Å². The molecule has 2 nitrogen and oxygen atoms in total. The summed E-state index contributed by atoms with van der Waals surface area (Å²) < 4.78 is 0. The summed E-state index contributed by atoms with van der Waals surface area (Å²) in [5.74, 6) is -0.323. The van der Waals surface area contributed by atoms with E-state index in [1.165, 1.54) is 10.6 Å². The first-order valence-electron chi connectivity index (χ1n) is 7.20. The molecule has 2 aromatic carbocycles. The minimum atomic E-state index is -2.30. The van der Waals surface area contributed by atoms with Crippen molar-refractivity contribution >= 4 is 17.9 Å². The molecule has 2 atom stereocenters. The average Bonchev–Trinajstić information content (AvgIpc) is 2.51. The number of hydrogen-bond donors (Lipinski definition) is 2. The van der Waals surface area contributed by atoms with Crippen LogP contribution in [0.5, 0.6) is 0 Å². The molecule has 0 radical (unpaired) electrons. The van der Waals surface area contributed by atoms with Gasteiger partial charge in [-0.05, 0) is 0 Å². The van der Waals surface area contributed by atoms with E-state index in [1.54, 1.807) is 0 Å². The Morgan fingerprint density at radius 2 is 1.25 bits per heavy atom. The van der Waals surface area contributed by atoms with E-state index in [1.807, 2.05) is 36.4 Å². The number of rotatable bonds is 2. The van der Waals surface area contributed by atoms with E-state index in [0.29, 0.717) is 19.0 Å². The summed E-state index contributed by atoms with van der Waals surface area (Å²) in [6.07, 6.45) is 1.81. The van der Waals surface area contributed by atoms with E-state index in [-0.39, 0.29) is 11.9 Å². The minimum absolute atomic E-state index is 0.300. The molecule has 2 N–H and O–H groups in total. The van der Waals surface area contributed by atoms with Gasteiger partial charge in [-0.1, -0.05) is 0 Å². The Morgan fingerprint density at radius 3 is 1.75 bits per heavy atom. The van der Waals surface area contributed by atoms with Crippen LogP contribution in [0.25, 0.3) is 0 Å². The van der Waals surface area contributed by atoms with Crippen LogP contribution in [-0.2, 0) is 0 Å². The SMILES string of the molecule is OC1CCC(O)[PH](c2ccccc2)(c2ccccc2)C1. The van der Waals surface area contributed by atoms with Crippen molar-refractivity contribution in [2.75, 3.05) is 6.16 Å². The molecule has 3 heteroatoms. The second-order valence-corrected chi connectivity index (χ2v) is 9.83. The molecule has 0 saturated carbocycles. The normalized spacial score (nSPS) is 26.9. The first-order chi connectivity index (χ1) is 9.73. The number of benzene rings is 2. The summed E-state index contributed by atoms with van der Waals surface area (Å²) in [4.78, 5) is 0. The quantitative estimate of drug-likeness (QED) is 0.828. The fraction of sp³-hybridized carbons (Fsp3) is 0.294. The molecule has 2 aromatic rings. The fourth-order valence-corrected chi connectivity index (χ4v) is 8.49. The van der Waals surface area contributed by atoms with Crippen molar-refractivity contribution in [1.29, 1.82) is 0 Å². The van der Waals surface area contributed by atoms with E-state index in [0.717, 1.165) is 0 Å². The molecule has 20 heavy (non-hydrogen) atoms. The maximum absolute atomic E-state index is 10.8. The summed E-state index contributed by atoms with van der Waals surface area (Å²) in [5.41, 5.74) is 0. The van der Waals surface area contributed by atoms with Crippen molar-refractivity contribution in [3.8, 4) is 0 Å². The van der Waals surface area contributed by atoms with E-state index < -0.39 is 7.26 Å². The average molecular weight is 288 g/mol. The Balaban J connectivity index is 2.17. The van der Waals surface area contributed by atoms with Gasteiger partial charge < -0.3 is 0 Å². The van der Waals surface area contributed by atoms with Crippen molar-refractivity contribution in [1.82, 2.24) is 0 Å². The molecule has 1 saturated heterocycles. The molecule has 0 bridgehead atoms. The fourth-order valence-electron chi connectivity index (χ4n) is 3.46. The first kappa shape index (κ1) is 13.8. The van der Waals surface area contributed by atoms with Gasteiger partial charge in [0.1, 0.15) is 0 Å². The molecule has 1 fully saturated rings. The molecule has 3 rings (SSSR count). The van der Waals surface area contributed by atoms with E-state index >= 15 is 0 Å².